The van der Waals surface area contributed by atoms with Gasteiger partial charge in [-0.05, 0) is 19.1 Å². The third-order valence-corrected chi connectivity index (χ3v) is 2.91. The molecule has 0 bridgehead atoms. The van der Waals surface area contributed by atoms with E-state index in [1.54, 1.807) is 25.4 Å². The van der Waals surface area contributed by atoms with Gasteiger partial charge in [0.25, 0.3) is 5.56 Å². The molecule has 0 saturated heterocycles. The molecule has 8 nitrogen and oxygen atoms in total. The predicted octanol–water partition coefficient (Wildman–Crippen LogP) is 1.10. The molecule has 4 aromatic heterocycles. The monoisotopic (exact) mass is 283 g/mol. The van der Waals surface area contributed by atoms with Crippen molar-refractivity contribution >= 4 is 27.9 Å². The molecule has 4 rings (SSSR count). The molecule has 0 aliphatic rings. The van der Waals surface area contributed by atoms with E-state index in [0.717, 1.165) is 11.0 Å². The zero-order valence-electron chi connectivity index (χ0n) is 11.2. The fourth-order valence-corrected chi connectivity index (χ4v) is 1.96. The van der Waals surface area contributed by atoms with E-state index in [-0.39, 0.29) is 5.56 Å². The maximum Gasteiger partial charge on any atom is 0.275 e. The van der Waals surface area contributed by atoms with Gasteiger partial charge < -0.3 is 20.7 Å². The lowest BCUT2D eigenvalue weighted by Crippen LogP contribution is -2.08. The van der Waals surface area contributed by atoms with Gasteiger partial charge in [0.05, 0.1) is 11.0 Å². The number of nitrogens with two attached hydrogens (primary N) is 1. The Morgan fingerprint density at radius 3 is 2.52 bits per heavy atom. The average molecular weight is 283 g/mol. The third-order valence-electron chi connectivity index (χ3n) is 2.91. The number of hydrogen-bond acceptors (Lipinski definition) is 5. The normalized spacial score (nSPS) is 10.5. The minimum absolute atomic E-state index is 0.113. The second kappa shape index (κ2) is 5.08. The van der Waals surface area contributed by atoms with Crippen molar-refractivity contribution < 1.29 is 0 Å². The summed E-state index contributed by atoms with van der Waals surface area (Å²) in [6.07, 6.45) is 4.94. The lowest BCUT2D eigenvalue weighted by atomic mass is 10.4. The van der Waals surface area contributed by atoms with Crippen LogP contribution in [0, 0.1) is 6.92 Å². The van der Waals surface area contributed by atoms with E-state index in [1.807, 2.05) is 6.07 Å². The highest BCUT2D eigenvalue weighted by Gasteiger charge is 1.99. The number of anilines is 1. The largest absolute Gasteiger partial charge is 0.382 e. The van der Waals surface area contributed by atoms with Gasteiger partial charge in [0.1, 0.15) is 23.2 Å². The summed E-state index contributed by atoms with van der Waals surface area (Å²) in [6.45, 7) is 1.76. The second-order valence-electron chi connectivity index (χ2n) is 4.39. The summed E-state index contributed by atoms with van der Waals surface area (Å²) in [4.78, 5) is 31.4. The van der Waals surface area contributed by atoms with E-state index in [2.05, 4.69) is 29.9 Å². The van der Waals surface area contributed by atoms with Gasteiger partial charge in [-0.2, -0.15) is 0 Å². The number of aryl methyl sites for hydroxylation is 1. The molecule has 4 heterocycles. The van der Waals surface area contributed by atoms with Gasteiger partial charge >= 0.3 is 0 Å². The first-order valence-electron chi connectivity index (χ1n) is 6.22. The van der Waals surface area contributed by atoms with E-state index in [0.29, 0.717) is 22.7 Å². The molecule has 0 saturated carbocycles. The molecule has 106 valence electrons. The molecule has 8 heteroatoms. The topological polar surface area (TPSA) is 129 Å². The van der Waals surface area contributed by atoms with Crippen molar-refractivity contribution in [2.45, 2.75) is 6.92 Å². The van der Waals surface area contributed by atoms with Crippen LogP contribution in [-0.2, 0) is 0 Å². The Morgan fingerprint density at radius 2 is 1.76 bits per heavy atom. The number of rotatable bonds is 0. The first kappa shape index (κ1) is 12.9. The maximum atomic E-state index is 11.1. The molecule has 0 atom stereocenters. The van der Waals surface area contributed by atoms with E-state index >= 15 is 0 Å². The number of fused-ring (bicyclic) bond motifs is 2. The van der Waals surface area contributed by atoms with Crippen molar-refractivity contribution in [3.8, 4) is 0 Å². The van der Waals surface area contributed by atoms with Crippen LogP contribution >= 0.6 is 0 Å². The Bertz CT molecular complexity index is 950. The maximum absolute atomic E-state index is 11.1. The van der Waals surface area contributed by atoms with Crippen LogP contribution in [-0.4, -0.2) is 29.9 Å². The molecule has 21 heavy (non-hydrogen) atoms. The number of hydrogen-bond donors (Lipinski definition) is 4. The summed E-state index contributed by atoms with van der Waals surface area (Å²) < 4.78 is 0. The number of aromatic nitrogens is 6. The predicted molar refractivity (Wildman–Crippen MR) is 79.8 cm³/mol. The molecular formula is C13H13N7O. The van der Waals surface area contributed by atoms with Crippen molar-refractivity contribution in [1.82, 2.24) is 29.9 Å². The number of H-pyrrole nitrogens is 3. The van der Waals surface area contributed by atoms with E-state index < -0.39 is 0 Å². The highest BCUT2D eigenvalue weighted by Crippen LogP contribution is 2.12. The number of nitrogen functional groups attached to an aromatic ring is 1. The zero-order valence-corrected chi connectivity index (χ0v) is 11.2. The van der Waals surface area contributed by atoms with Crippen LogP contribution in [0.4, 0.5) is 5.82 Å². The second-order valence-corrected chi connectivity index (χ2v) is 4.39. The lowest BCUT2D eigenvalue weighted by molar-refractivity contribution is 1.06. The fraction of sp³-hybridized carbons (Fsp3) is 0.0769. The van der Waals surface area contributed by atoms with Crippen LogP contribution in [0.2, 0.25) is 0 Å². The molecule has 0 aliphatic carbocycles. The minimum atomic E-state index is -0.113. The van der Waals surface area contributed by atoms with Gasteiger partial charge in [0.2, 0.25) is 0 Å². The van der Waals surface area contributed by atoms with Crippen LogP contribution in [0.3, 0.4) is 0 Å². The lowest BCUT2D eigenvalue weighted by Gasteiger charge is -1.90. The molecule has 0 aromatic carbocycles. The number of nitrogens with one attached hydrogen (secondary N) is 3. The van der Waals surface area contributed by atoms with Crippen LogP contribution < -0.4 is 11.3 Å². The van der Waals surface area contributed by atoms with E-state index in [9.17, 15) is 4.79 Å². The third kappa shape index (κ3) is 2.46. The fourth-order valence-electron chi connectivity index (χ4n) is 1.96. The van der Waals surface area contributed by atoms with Crippen LogP contribution in [0.1, 0.15) is 5.82 Å². The SMILES string of the molecule is Cc1nc2cc[nH]c2c(=O)[nH]1.Nc1ncnc2cc[nH]c12. The summed E-state index contributed by atoms with van der Waals surface area (Å²) in [7, 11) is 0. The Labute approximate surface area is 118 Å². The van der Waals surface area contributed by atoms with Gasteiger partial charge in [0, 0.05) is 12.4 Å². The smallest absolute Gasteiger partial charge is 0.275 e. The van der Waals surface area contributed by atoms with Gasteiger partial charge in [-0.25, -0.2) is 15.0 Å². The van der Waals surface area contributed by atoms with E-state index in [4.69, 9.17) is 5.73 Å². The van der Waals surface area contributed by atoms with Crippen LogP contribution in [0.15, 0.2) is 35.6 Å². The summed E-state index contributed by atoms with van der Waals surface area (Å²) in [5.41, 5.74) is 8.32. The first-order valence-corrected chi connectivity index (χ1v) is 6.22. The van der Waals surface area contributed by atoms with Gasteiger partial charge in [-0.15, -0.1) is 0 Å². The standard InChI is InChI=1S/C7H7N3O.C6H6N4/c1-4-9-5-2-3-8-6(5)7(11)10-4;7-6-5-4(1-2-8-5)9-3-10-6/h2-3,8H,1H3,(H,9,10,11);1-3,8H,(H2,7,9,10). The molecular weight excluding hydrogens is 270 g/mol. The van der Waals surface area contributed by atoms with Crippen LogP contribution in [0.5, 0.6) is 0 Å². The quantitative estimate of drug-likeness (QED) is 0.384. The number of aromatic amines is 3. The van der Waals surface area contributed by atoms with Crippen molar-refractivity contribution in [3.05, 3.63) is 47.0 Å². The molecule has 4 aromatic rings. The molecule has 0 fully saturated rings. The summed E-state index contributed by atoms with van der Waals surface area (Å²) in [5.74, 6) is 1.14. The Hall–Kier alpha value is -3.16. The van der Waals surface area contributed by atoms with Gasteiger partial charge in [0.15, 0.2) is 5.82 Å². The summed E-state index contributed by atoms with van der Waals surface area (Å²) >= 11 is 0. The van der Waals surface area contributed by atoms with Crippen LogP contribution in [0.25, 0.3) is 22.1 Å². The van der Waals surface area contributed by atoms with Crippen molar-refractivity contribution in [1.29, 1.82) is 0 Å². The van der Waals surface area contributed by atoms with E-state index in [1.165, 1.54) is 6.33 Å². The highest BCUT2D eigenvalue weighted by atomic mass is 16.1. The Balaban J connectivity index is 0.000000126. The molecule has 0 spiro atoms. The molecule has 5 N–H and O–H groups in total. The van der Waals surface area contributed by atoms with Crippen molar-refractivity contribution in [2.75, 3.05) is 5.73 Å². The molecule has 0 aliphatic heterocycles. The van der Waals surface area contributed by atoms with Gasteiger partial charge in [-0.1, -0.05) is 0 Å². The zero-order chi connectivity index (χ0) is 14.8. The summed E-state index contributed by atoms with van der Waals surface area (Å²) in [6, 6.07) is 3.63. The molecule has 0 unspecified atom stereocenters. The summed E-state index contributed by atoms with van der Waals surface area (Å²) in [5, 5.41) is 0. The molecule has 0 radical (unpaired) electrons. The van der Waals surface area contributed by atoms with Gasteiger partial charge in [-0.3, -0.25) is 4.79 Å². The number of nitrogens with zero attached hydrogens (tertiary/aromatic N) is 3. The molecule has 0 amide bonds. The minimum Gasteiger partial charge on any atom is -0.382 e. The highest BCUT2D eigenvalue weighted by molar-refractivity contribution is 5.83. The Morgan fingerprint density at radius 1 is 1.05 bits per heavy atom. The first-order chi connectivity index (χ1) is 10.1. The van der Waals surface area contributed by atoms with Crippen molar-refractivity contribution in [2.24, 2.45) is 0 Å². The Kier molecular flexibility index (Phi) is 3.11. The average Bonchev–Trinajstić information content (AvgIpc) is 3.08. The van der Waals surface area contributed by atoms with Crippen molar-refractivity contribution in [3.63, 3.8) is 0 Å².